The van der Waals surface area contributed by atoms with Crippen LogP contribution in [0, 0.1) is 23.7 Å². The van der Waals surface area contributed by atoms with E-state index < -0.39 is 17.9 Å². The third kappa shape index (κ3) is 3.10. The Labute approximate surface area is 111 Å². The molecule has 102 valence electrons. The zero-order valence-electron chi connectivity index (χ0n) is 10.5. The van der Waals surface area contributed by atoms with Crippen LogP contribution in [0.3, 0.4) is 0 Å². The zero-order valence-corrected chi connectivity index (χ0v) is 10.5. The normalized spacial score (nSPS) is 30.4. The van der Waals surface area contributed by atoms with E-state index in [0.29, 0.717) is 6.54 Å². The van der Waals surface area contributed by atoms with Crippen molar-refractivity contribution in [2.24, 2.45) is 28.7 Å². The SMILES string of the molecule is O=C(O)CC(C(=O)O)C1C=NCCC2C=CC=CC21. The molecule has 0 spiro atoms. The van der Waals surface area contributed by atoms with Gasteiger partial charge in [-0.2, -0.15) is 0 Å². The van der Waals surface area contributed by atoms with Gasteiger partial charge in [0, 0.05) is 18.7 Å². The van der Waals surface area contributed by atoms with Gasteiger partial charge in [0.25, 0.3) is 0 Å². The average molecular weight is 263 g/mol. The summed E-state index contributed by atoms with van der Waals surface area (Å²) in [5, 5.41) is 18.2. The van der Waals surface area contributed by atoms with Gasteiger partial charge in [-0.1, -0.05) is 24.3 Å². The quantitative estimate of drug-likeness (QED) is 0.806. The Hall–Kier alpha value is -1.91. The van der Waals surface area contributed by atoms with Crippen molar-refractivity contribution >= 4 is 18.2 Å². The molecule has 1 aliphatic carbocycles. The van der Waals surface area contributed by atoms with Gasteiger partial charge >= 0.3 is 11.9 Å². The molecule has 5 heteroatoms. The Morgan fingerprint density at radius 2 is 2.00 bits per heavy atom. The van der Waals surface area contributed by atoms with Crippen LogP contribution < -0.4 is 0 Å². The predicted molar refractivity (Wildman–Crippen MR) is 70.1 cm³/mol. The molecule has 0 saturated carbocycles. The Balaban J connectivity index is 2.27. The first kappa shape index (κ1) is 13.5. The molecule has 0 aromatic carbocycles. The summed E-state index contributed by atoms with van der Waals surface area (Å²) in [7, 11) is 0. The number of aliphatic carboxylic acids is 2. The van der Waals surface area contributed by atoms with Gasteiger partial charge in [-0.3, -0.25) is 14.6 Å². The van der Waals surface area contributed by atoms with Crippen molar-refractivity contribution < 1.29 is 19.8 Å². The molecule has 2 N–H and O–H groups in total. The van der Waals surface area contributed by atoms with Gasteiger partial charge in [-0.15, -0.1) is 0 Å². The number of carbonyl (C=O) groups is 2. The topological polar surface area (TPSA) is 87.0 Å². The third-order valence-corrected chi connectivity index (χ3v) is 3.79. The molecule has 0 saturated heterocycles. The van der Waals surface area contributed by atoms with Crippen LogP contribution in [0.25, 0.3) is 0 Å². The standard InChI is InChI=1S/C14H17NO4/c16-13(17)7-11(14(18)19)12-8-15-6-5-9-3-1-2-4-10(9)12/h1-4,8-12H,5-7H2,(H,16,17)(H,18,19). The number of carboxylic acids is 2. The molecule has 5 nitrogen and oxygen atoms in total. The van der Waals surface area contributed by atoms with Gasteiger partial charge in [-0.25, -0.2) is 0 Å². The summed E-state index contributed by atoms with van der Waals surface area (Å²) in [5.74, 6) is -3.17. The summed E-state index contributed by atoms with van der Waals surface area (Å²) < 4.78 is 0. The summed E-state index contributed by atoms with van der Waals surface area (Å²) in [5.41, 5.74) is 0. The minimum Gasteiger partial charge on any atom is -0.481 e. The second kappa shape index (κ2) is 5.82. The molecule has 19 heavy (non-hydrogen) atoms. The molecule has 0 fully saturated rings. The smallest absolute Gasteiger partial charge is 0.307 e. The van der Waals surface area contributed by atoms with Crippen LogP contribution in [-0.4, -0.2) is 34.9 Å². The van der Waals surface area contributed by atoms with Gasteiger partial charge in [0.05, 0.1) is 12.3 Å². The molecule has 2 aliphatic rings. The molecule has 4 unspecified atom stereocenters. The van der Waals surface area contributed by atoms with Crippen LogP contribution in [0.2, 0.25) is 0 Å². The average Bonchev–Trinajstić information content (AvgIpc) is 2.57. The lowest BCUT2D eigenvalue weighted by atomic mass is 9.72. The maximum Gasteiger partial charge on any atom is 0.307 e. The van der Waals surface area contributed by atoms with E-state index in [1.165, 1.54) is 0 Å². The summed E-state index contributed by atoms with van der Waals surface area (Å²) in [6, 6.07) is 0. The monoisotopic (exact) mass is 263 g/mol. The predicted octanol–water partition coefficient (Wildman–Crippen LogP) is 1.61. The Kier molecular flexibility index (Phi) is 4.14. The molecule has 0 aromatic rings. The lowest BCUT2D eigenvalue weighted by Gasteiger charge is -2.30. The number of hydrogen-bond donors (Lipinski definition) is 2. The van der Waals surface area contributed by atoms with E-state index in [4.69, 9.17) is 5.11 Å². The van der Waals surface area contributed by atoms with E-state index in [9.17, 15) is 14.7 Å². The van der Waals surface area contributed by atoms with Gasteiger partial charge in [0.1, 0.15) is 0 Å². The Bertz CT molecular complexity index is 452. The highest BCUT2D eigenvalue weighted by atomic mass is 16.4. The van der Waals surface area contributed by atoms with Crippen molar-refractivity contribution in [3.8, 4) is 0 Å². The first-order valence-corrected chi connectivity index (χ1v) is 6.39. The molecule has 0 radical (unpaired) electrons. The molecule has 0 bridgehead atoms. The fourth-order valence-corrected chi connectivity index (χ4v) is 2.84. The van der Waals surface area contributed by atoms with Crippen molar-refractivity contribution in [1.82, 2.24) is 0 Å². The number of nitrogens with zero attached hydrogens (tertiary/aromatic N) is 1. The third-order valence-electron chi connectivity index (χ3n) is 3.79. The highest BCUT2D eigenvalue weighted by molar-refractivity contribution is 5.82. The lowest BCUT2D eigenvalue weighted by Crippen LogP contribution is -2.34. The number of hydrogen-bond acceptors (Lipinski definition) is 3. The van der Waals surface area contributed by atoms with Crippen LogP contribution in [0.15, 0.2) is 29.3 Å². The van der Waals surface area contributed by atoms with E-state index >= 15 is 0 Å². The van der Waals surface area contributed by atoms with Gasteiger partial charge in [0.15, 0.2) is 0 Å². The highest BCUT2D eigenvalue weighted by Gasteiger charge is 2.38. The Morgan fingerprint density at radius 3 is 2.68 bits per heavy atom. The highest BCUT2D eigenvalue weighted by Crippen LogP contribution is 2.36. The van der Waals surface area contributed by atoms with Crippen LogP contribution in [0.1, 0.15) is 12.8 Å². The largest absolute Gasteiger partial charge is 0.481 e. The molecule has 1 aliphatic heterocycles. The second-order valence-electron chi connectivity index (χ2n) is 4.97. The molecule has 2 rings (SSSR count). The molecular formula is C14H17NO4. The minimum absolute atomic E-state index is 0.0247. The summed E-state index contributed by atoms with van der Waals surface area (Å²) in [4.78, 5) is 26.5. The lowest BCUT2D eigenvalue weighted by molar-refractivity contribution is -0.149. The van der Waals surface area contributed by atoms with E-state index in [0.717, 1.165) is 6.42 Å². The minimum atomic E-state index is -1.09. The summed E-state index contributed by atoms with van der Waals surface area (Å²) in [6.07, 6.45) is 10.0. The van der Waals surface area contributed by atoms with E-state index in [1.807, 2.05) is 18.2 Å². The van der Waals surface area contributed by atoms with Crippen molar-refractivity contribution in [1.29, 1.82) is 0 Å². The molecule has 0 aromatic heterocycles. The molecular weight excluding hydrogens is 246 g/mol. The molecule has 0 amide bonds. The molecule has 1 heterocycles. The van der Waals surface area contributed by atoms with E-state index in [1.54, 1.807) is 6.21 Å². The van der Waals surface area contributed by atoms with Gasteiger partial charge in [-0.05, 0) is 18.3 Å². The van der Waals surface area contributed by atoms with Crippen molar-refractivity contribution in [3.05, 3.63) is 24.3 Å². The van der Waals surface area contributed by atoms with E-state index in [2.05, 4.69) is 11.1 Å². The number of fused-ring (bicyclic) bond motifs is 1. The maximum atomic E-state index is 11.4. The number of rotatable bonds is 4. The van der Waals surface area contributed by atoms with Gasteiger partial charge in [0.2, 0.25) is 0 Å². The van der Waals surface area contributed by atoms with Crippen molar-refractivity contribution in [2.45, 2.75) is 12.8 Å². The summed E-state index contributed by atoms with van der Waals surface area (Å²) >= 11 is 0. The number of allylic oxidation sites excluding steroid dienone is 4. The van der Waals surface area contributed by atoms with Crippen molar-refractivity contribution in [3.63, 3.8) is 0 Å². The van der Waals surface area contributed by atoms with E-state index in [-0.39, 0.29) is 24.2 Å². The van der Waals surface area contributed by atoms with Crippen LogP contribution in [0.5, 0.6) is 0 Å². The van der Waals surface area contributed by atoms with Gasteiger partial charge < -0.3 is 10.2 Å². The van der Waals surface area contributed by atoms with Crippen LogP contribution in [-0.2, 0) is 9.59 Å². The molecule has 4 atom stereocenters. The maximum absolute atomic E-state index is 11.4. The fraction of sp³-hybridized carbons (Fsp3) is 0.500. The fourth-order valence-electron chi connectivity index (χ4n) is 2.84. The van der Waals surface area contributed by atoms with Crippen molar-refractivity contribution in [2.75, 3.05) is 6.54 Å². The zero-order chi connectivity index (χ0) is 13.8. The Morgan fingerprint density at radius 1 is 1.26 bits per heavy atom. The second-order valence-corrected chi connectivity index (χ2v) is 4.97. The first-order valence-electron chi connectivity index (χ1n) is 6.39. The van der Waals surface area contributed by atoms with Crippen LogP contribution >= 0.6 is 0 Å². The number of carboxylic acid groups (broad SMARTS) is 2. The first-order chi connectivity index (χ1) is 9.09. The summed E-state index contributed by atoms with van der Waals surface area (Å²) in [6.45, 7) is 0.662. The number of aliphatic imine (C=N–C) groups is 1. The van der Waals surface area contributed by atoms with Crippen LogP contribution in [0.4, 0.5) is 0 Å².